The zero-order valence-corrected chi connectivity index (χ0v) is 13.3. The molecule has 0 saturated heterocycles. The minimum Gasteiger partial charge on any atom is -0.481 e. The molecule has 2 N–H and O–H groups in total. The third-order valence-electron chi connectivity index (χ3n) is 3.32. The molecule has 0 radical (unpaired) electrons. The molecule has 0 fully saturated rings. The second kappa shape index (κ2) is 6.61. The van der Waals surface area contributed by atoms with Crippen molar-refractivity contribution in [2.24, 2.45) is 5.92 Å². The molecule has 116 valence electrons. The van der Waals surface area contributed by atoms with E-state index in [0.29, 0.717) is 5.69 Å². The second-order valence-corrected chi connectivity index (χ2v) is 6.38. The van der Waals surface area contributed by atoms with Crippen LogP contribution < -0.4 is 5.32 Å². The lowest BCUT2D eigenvalue weighted by Gasteiger charge is -2.21. The number of hydrogen-bond donors (Lipinski definition) is 2. The van der Waals surface area contributed by atoms with Crippen LogP contribution in [0.5, 0.6) is 0 Å². The van der Waals surface area contributed by atoms with Crippen LogP contribution in [0.3, 0.4) is 0 Å². The number of benzene rings is 1. The molecule has 21 heavy (non-hydrogen) atoms. The SMILES string of the molecule is CC(CN(C)C(=O)Nc1ccc(C(C)(C)C)cc1)C(=O)O. The zero-order valence-electron chi connectivity index (χ0n) is 13.3. The lowest BCUT2D eigenvalue weighted by atomic mass is 9.87. The summed E-state index contributed by atoms with van der Waals surface area (Å²) in [7, 11) is 1.58. The summed E-state index contributed by atoms with van der Waals surface area (Å²) in [6.07, 6.45) is 0. The van der Waals surface area contributed by atoms with Gasteiger partial charge in [-0.3, -0.25) is 4.79 Å². The number of carbonyl (C=O) groups excluding carboxylic acids is 1. The molecule has 1 unspecified atom stereocenters. The van der Waals surface area contributed by atoms with E-state index in [9.17, 15) is 9.59 Å². The van der Waals surface area contributed by atoms with E-state index in [1.807, 2.05) is 24.3 Å². The largest absolute Gasteiger partial charge is 0.481 e. The van der Waals surface area contributed by atoms with Crippen LogP contribution in [0.1, 0.15) is 33.3 Å². The number of carboxylic acid groups (broad SMARTS) is 1. The highest BCUT2D eigenvalue weighted by atomic mass is 16.4. The highest BCUT2D eigenvalue weighted by Crippen LogP contribution is 2.23. The first kappa shape index (κ1) is 17.0. The van der Waals surface area contributed by atoms with Crippen molar-refractivity contribution in [1.29, 1.82) is 0 Å². The standard InChI is InChI=1S/C16H24N2O3/c1-11(14(19)20)10-18(5)15(21)17-13-8-6-12(7-9-13)16(2,3)4/h6-9,11H,10H2,1-5H3,(H,17,21)(H,19,20). The van der Waals surface area contributed by atoms with E-state index in [-0.39, 0.29) is 18.0 Å². The van der Waals surface area contributed by atoms with Crippen LogP contribution in [0.15, 0.2) is 24.3 Å². The predicted molar refractivity (Wildman–Crippen MR) is 83.6 cm³/mol. The summed E-state index contributed by atoms with van der Waals surface area (Å²) in [6, 6.07) is 7.36. The van der Waals surface area contributed by atoms with Gasteiger partial charge in [0.05, 0.1) is 5.92 Å². The van der Waals surface area contributed by atoms with Crippen LogP contribution >= 0.6 is 0 Å². The number of anilines is 1. The highest BCUT2D eigenvalue weighted by Gasteiger charge is 2.18. The van der Waals surface area contributed by atoms with Crippen molar-refractivity contribution in [3.63, 3.8) is 0 Å². The fourth-order valence-electron chi connectivity index (χ4n) is 1.84. The molecule has 0 bridgehead atoms. The molecule has 1 aromatic carbocycles. The van der Waals surface area contributed by atoms with Gasteiger partial charge < -0.3 is 15.3 Å². The van der Waals surface area contributed by atoms with E-state index in [4.69, 9.17) is 5.11 Å². The third kappa shape index (κ3) is 5.10. The number of nitrogens with one attached hydrogen (secondary N) is 1. The summed E-state index contributed by atoms with van der Waals surface area (Å²) in [5.74, 6) is -1.51. The van der Waals surface area contributed by atoms with E-state index in [2.05, 4.69) is 26.1 Å². The molecule has 1 rings (SSSR count). The fourth-order valence-corrected chi connectivity index (χ4v) is 1.84. The molecular formula is C16H24N2O3. The molecule has 0 saturated carbocycles. The summed E-state index contributed by atoms with van der Waals surface area (Å²) in [4.78, 5) is 24.1. The average Bonchev–Trinajstić information content (AvgIpc) is 2.37. The molecule has 0 aliphatic rings. The number of rotatable bonds is 4. The highest BCUT2D eigenvalue weighted by molar-refractivity contribution is 5.89. The van der Waals surface area contributed by atoms with Crippen molar-refractivity contribution in [3.8, 4) is 0 Å². The molecule has 2 amide bonds. The maximum Gasteiger partial charge on any atom is 0.321 e. The first-order valence-electron chi connectivity index (χ1n) is 6.96. The molecule has 0 aromatic heterocycles. The Balaban J connectivity index is 2.64. The molecule has 5 heteroatoms. The van der Waals surface area contributed by atoms with E-state index in [1.165, 1.54) is 10.5 Å². The van der Waals surface area contributed by atoms with Gasteiger partial charge in [-0.2, -0.15) is 0 Å². The van der Waals surface area contributed by atoms with Crippen LogP contribution in [0.4, 0.5) is 10.5 Å². The van der Waals surface area contributed by atoms with E-state index >= 15 is 0 Å². The van der Waals surface area contributed by atoms with Gasteiger partial charge in [-0.05, 0) is 23.1 Å². The number of carbonyl (C=O) groups is 2. The number of urea groups is 1. The molecule has 5 nitrogen and oxygen atoms in total. The topological polar surface area (TPSA) is 69.6 Å². The van der Waals surface area contributed by atoms with E-state index in [1.54, 1.807) is 14.0 Å². The van der Waals surface area contributed by atoms with Crippen LogP contribution in [0, 0.1) is 5.92 Å². The Morgan fingerprint density at radius 2 is 1.76 bits per heavy atom. The van der Waals surface area contributed by atoms with Crippen molar-refractivity contribution in [3.05, 3.63) is 29.8 Å². The molecule has 0 aliphatic heterocycles. The van der Waals surface area contributed by atoms with Gasteiger partial charge >= 0.3 is 12.0 Å². The summed E-state index contributed by atoms with van der Waals surface area (Å²) in [5.41, 5.74) is 1.95. The lowest BCUT2D eigenvalue weighted by molar-refractivity contribution is -0.141. The van der Waals surface area contributed by atoms with Crippen LogP contribution in [-0.2, 0) is 10.2 Å². The number of amides is 2. The van der Waals surface area contributed by atoms with Crippen LogP contribution in [0.25, 0.3) is 0 Å². The summed E-state index contributed by atoms with van der Waals surface area (Å²) in [5, 5.41) is 11.6. The minimum atomic E-state index is -0.913. The maximum absolute atomic E-state index is 12.0. The van der Waals surface area contributed by atoms with Gasteiger partial charge in [0.1, 0.15) is 0 Å². The van der Waals surface area contributed by atoms with Gasteiger partial charge in [-0.15, -0.1) is 0 Å². The van der Waals surface area contributed by atoms with E-state index in [0.717, 1.165) is 0 Å². The number of hydrogen-bond acceptors (Lipinski definition) is 2. The van der Waals surface area contributed by atoms with Crippen molar-refractivity contribution in [2.75, 3.05) is 18.9 Å². The molecule has 0 heterocycles. The van der Waals surface area contributed by atoms with E-state index < -0.39 is 11.9 Å². The zero-order chi connectivity index (χ0) is 16.2. The molecule has 1 aromatic rings. The third-order valence-corrected chi connectivity index (χ3v) is 3.32. The van der Waals surface area contributed by atoms with Gasteiger partial charge in [-0.1, -0.05) is 39.8 Å². The van der Waals surface area contributed by atoms with Gasteiger partial charge in [0, 0.05) is 19.3 Å². The Morgan fingerprint density at radius 1 is 1.24 bits per heavy atom. The second-order valence-electron chi connectivity index (χ2n) is 6.38. The van der Waals surface area contributed by atoms with Crippen molar-refractivity contribution in [2.45, 2.75) is 33.1 Å². The smallest absolute Gasteiger partial charge is 0.321 e. The fraction of sp³-hybridized carbons (Fsp3) is 0.500. The quantitative estimate of drug-likeness (QED) is 0.895. The van der Waals surface area contributed by atoms with Crippen LogP contribution in [0.2, 0.25) is 0 Å². The summed E-state index contributed by atoms with van der Waals surface area (Å²) >= 11 is 0. The molecular weight excluding hydrogens is 268 g/mol. The Hall–Kier alpha value is -2.04. The Labute approximate surface area is 126 Å². The number of aliphatic carboxylic acids is 1. The Morgan fingerprint density at radius 3 is 2.19 bits per heavy atom. The first-order chi connectivity index (χ1) is 9.61. The average molecular weight is 292 g/mol. The number of nitrogens with zero attached hydrogens (tertiary/aromatic N) is 1. The normalized spacial score (nSPS) is 12.6. The predicted octanol–water partition coefficient (Wildman–Crippen LogP) is 3.17. The Bertz CT molecular complexity index is 503. The van der Waals surface area contributed by atoms with Gasteiger partial charge in [0.2, 0.25) is 0 Å². The van der Waals surface area contributed by atoms with Crippen molar-refractivity contribution in [1.82, 2.24) is 4.90 Å². The van der Waals surface area contributed by atoms with Crippen molar-refractivity contribution >= 4 is 17.7 Å². The first-order valence-corrected chi connectivity index (χ1v) is 6.96. The number of carboxylic acids is 1. The monoisotopic (exact) mass is 292 g/mol. The van der Waals surface area contributed by atoms with Gasteiger partial charge in [0.15, 0.2) is 0 Å². The molecule has 0 spiro atoms. The van der Waals surface area contributed by atoms with Crippen molar-refractivity contribution < 1.29 is 14.7 Å². The molecule has 1 atom stereocenters. The minimum absolute atomic E-state index is 0.0657. The van der Waals surface area contributed by atoms with Gasteiger partial charge in [-0.25, -0.2) is 4.79 Å². The summed E-state index contributed by atoms with van der Waals surface area (Å²) in [6.45, 7) is 8.12. The maximum atomic E-state index is 12.0. The Kier molecular flexibility index (Phi) is 5.35. The van der Waals surface area contributed by atoms with Gasteiger partial charge in [0.25, 0.3) is 0 Å². The van der Waals surface area contributed by atoms with Crippen LogP contribution in [-0.4, -0.2) is 35.6 Å². The molecule has 0 aliphatic carbocycles. The lowest BCUT2D eigenvalue weighted by Crippen LogP contribution is -2.36. The summed E-state index contributed by atoms with van der Waals surface area (Å²) < 4.78 is 0.